The maximum Gasteiger partial charge on any atom is 0.322 e. The first-order chi connectivity index (χ1) is 6.20. The number of halogens is 2. The highest BCUT2D eigenvalue weighted by Gasteiger charge is 2.09. The van der Waals surface area contributed by atoms with Crippen LogP contribution >= 0.6 is 24.8 Å². The van der Waals surface area contributed by atoms with Crippen molar-refractivity contribution < 1.29 is 9.90 Å². The molecule has 0 heterocycles. The Morgan fingerprint density at radius 2 is 1.87 bits per heavy atom. The summed E-state index contributed by atoms with van der Waals surface area (Å²) >= 11 is 0. The van der Waals surface area contributed by atoms with Crippen molar-refractivity contribution in [3.8, 4) is 0 Å². The Kier molecular flexibility index (Phi) is 9.16. The minimum Gasteiger partial charge on any atom is -0.480 e. The zero-order valence-corrected chi connectivity index (χ0v) is 9.55. The summed E-state index contributed by atoms with van der Waals surface area (Å²) in [6.45, 7) is 0.235. The van der Waals surface area contributed by atoms with Crippen LogP contribution in [0.3, 0.4) is 0 Å². The molecular weight excluding hydrogens is 239 g/mol. The average molecular weight is 253 g/mol. The Bertz CT molecular complexity index is 283. The molecule has 15 heavy (non-hydrogen) atoms. The lowest BCUT2D eigenvalue weighted by Gasteiger charge is -2.08. The number of nitrogens with two attached hydrogens (primary N) is 1. The molecule has 86 valence electrons. The number of carboxylic acids is 1. The van der Waals surface area contributed by atoms with Gasteiger partial charge in [0.15, 0.2) is 0 Å². The lowest BCUT2D eigenvalue weighted by molar-refractivity contribution is -0.138. The molecule has 4 nitrogen and oxygen atoms in total. The number of rotatable bonds is 4. The van der Waals surface area contributed by atoms with E-state index in [0.29, 0.717) is 0 Å². The molecule has 1 aromatic carbocycles. The molecule has 0 saturated heterocycles. The van der Waals surface area contributed by atoms with Crippen molar-refractivity contribution in [2.45, 2.75) is 6.04 Å². The van der Waals surface area contributed by atoms with Crippen LogP contribution in [0.4, 0.5) is 5.69 Å². The summed E-state index contributed by atoms with van der Waals surface area (Å²) in [5.41, 5.74) is 6.18. The van der Waals surface area contributed by atoms with Crippen molar-refractivity contribution in [1.29, 1.82) is 0 Å². The van der Waals surface area contributed by atoms with Gasteiger partial charge in [0.25, 0.3) is 0 Å². The topological polar surface area (TPSA) is 75.3 Å². The van der Waals surface area contributed by atoms with Crippen LogP contribution in [-0.4, -0.2) is 23.7 Å². The SMILES string of the molecule is Cl.Cl.N[C@@H](CNc1ccccc1)C(=O)O. The predicted octanol–water partition coefficient (Wildman–Crippen LogP) is 1.35. The summed E-state index contributed by atoms with van der Waals surface area (Å²) in [6, 6.07) is 8.48. The van der Waals surface area contributed by atoms with E-state index >= 15 is 0 Å². The minimum absolute atomic E-state index is 0. The van der Waals surface area contributed by atoms with Crippen LogP contribution in [0.2, 0.25) is 0 Å². The first-order valence-electron chi connectivity index (χ1n) is 3.97. The molecule has 0 bridgehead atoms. The van der Waals surface area contributed by atoms with Crippen molar-refractivity contribution in [3.63, 3.8) is 0 Å². The van der Waals surface area contributed by atoms with Crippen LogP contribution in [0.5, 0.6) is 0 Å². The fraction of sp³-hybridized carbons (Fsp3) is 0.222. The molecule has 6 heteroatoms. The zero-order chi connectivity index (χ0) is 9.68. The van der Waals surface area contributed by atoms with Gasteiger partial charge in [-0.1, -0.05) is 18.2 Å². The van der Waals surface area contributed by atoms with Crippen molar-refractivity contribution in [2.24, 2.45) is 5.73 Å². The molecule has 0 fully saturated rings. The van der Waals surface area contributed by atoms with Gasteiger partial charge in [0.1, 0.15) is 6.04 Å². The van der Waals surface area contributed by atoms with Crippen LogP contribution < -0.4 is 11.1 Å². The van der Waals surface area contributed by atoms with E-state index in [2.05, 4.69) is 5.32 Å². The Hall–Kier alpha value is -0.970. The molecule has 0 saturated carbocycles. The Balaban J connectivity index is 0. The van der Waals surface area contributed by atoms with Crippen LogP contribution in [-0.2, 0) is 4.79 Å². The van der Waals surface area contributed by atoms with Gasteiger partial charge in [0.05, 0.1) is 0 Å². The monoisotopic (exact) mass is 252 g/mol. The van der Waals surface area contributed by atoms with Crippen molar-refractivity contribution in [2.75, 3.05) is 11.9 Å². The maximum absolute atomic E-state index is 10.4. The van der Waals surface area contributed by atoms with Crippen LogP contribution in [0, 0.1) is 0 Å². The number of carbonyl (C=O) groups is 1. The molecule has 0 unspecified atom stereocenters. The third kappa shape index (κ3) is 6.17. The fourth-order valence-corrected chi connectivity index (χ4v) is 0.871. The number of hydrogen-bond acceptors (Lipinski definition) is 3. The summed E-state index contributed by atoms with van der Waals surface area (Å²) in [4.78, 5) is 10.4. The van der Waals surface area contributed by atoms with E-state index in [9.17, 15) is 4.79 Å². The van der Waals surface area contributed by atoms with Crippen LogP contribution in [0.15, 0.2) is 30.3 Å². The molecule has 0 spiro atoms. The van der Waals surface area contributed by atoms with Gasteiger partial charge in [-0.25, -0.2) is 0 Å². The van der Waals surface area contributed by atoms with Crippen molar-refractivity contribution in [3.05, 3.63) is 30.3 Å². The number of benzene rings is 1. The molecule has 1 atom stereocenters. The lowest BCUT2D eigenvalue weighted by atomic mass is 10.3. The number of aliphatic carboxylic acids is 1. The van der Waals surface area contributed by atoms with E-state index < -0.39 is 12.0 Å². The van der Waals surface area contributed by atoms with E-state index in [1.165, 1.54) is 0 Å². The number of nitrogens with one attached hydrogen (secondary N) is 1. The third-order valence-corrected chi connectivity index (χ3v) is 1.62. The largest absolute Gasteiger partial charge is 0.480 e. The zero-order valence-electron chi connectivity index (χ0n) is 7.92. The summed E-state index contributed by atoms with van der Waals surface area (Å²) in [7, 11) is 0. The second-order valence-electron chi connectivity index (χ2n) is 2.69. The van der Waals surface area contributed by atoms with E-state index in [4.69, 9.17) is 10.8 Å². The van der Waals surface area contributed by atoms with Gasteiger partial charge in [-0.2, -0.15) is 0 Å². The first-order valence-corrected chi connectivity index (χ1v) is 3.97. The van der Waals surface area contributed by atoms with Gasteiger partial charge < -0.3 is 16.2 Å². The smallest absolute Gasteiger partial charge is 0.322 e. The molecule has 0 radical (unpaired) electrons. The molecule has 0 aliphatic heterocycles. The number of hydrogen-bond donors (Lipinski definition) is 3. The van der Waals surface area contributed by atoms with E-state index in [1.807, 2.05) is 30.3 Å². The summed E-state index contributed by atoms with van der Waals surface area (Å²) in [5, 5.41) is 11.4. The minimum atomic E-state index is -0.997. The van der Waals surface area contributed by atoms with Gasteiger partial charge in [-0.15, -0.1) is 24.8 Å². The van der Waals surface area contributed by atoms with Gasteiger partial charge in [0.2, 0.25) is 0 Å². The Morgan fingerprint density at radius 3 is 2.33 bits per heavy atom. The molecule has 4 N–H and O–H groups in total. The van der Waals surface area contributed by atoms with Gasteiger partial charge in [-0.3, -0.25) is 4.79 Å². The summed E-state index contributed by atoms with van der Waals surface area (Å²) in [6.07, 6.45) is 0. The highest BCUT2D eigenvalue weighted by molar-refractivity contribution is 5.85. The summed E-state index contributed by atoms with van der Waals surface area (Å²) in [5.74, 6) is -0.997. The quantitative estimate of drug-likeness (QED) is 0.757. The molecule has 1 rings (SSSR count). The van der Waals surface area contributed by atoms with Gasteiger partial charge in [-0.05, 0) is 12.1 Å². The average Bonchev–Trinajstić information content (AvgIpc) is 2.15. The normalized spacial score (nSPS) is 10.5. The van der Waals surface area contributed by atoms with E-state index in [0.717, 1.165) is 5.69 Å². The highest BCUT2D eigenvalue weighted by Crippen LogP contribution is 2.03. The molecule has 0 aliphatic carbocycles. The lowest BCUT2D eigenvalue weighted by Crippen LogP contribution is -2.36. The highest BCUT2D eigenvalue weighted by atomic mass is 35.5. The molecule has 0 amide bonds. The van der Waals surface area contributed by atoms with E-state index in [-0.39, 0.29) is 31.4 Å². The summed E-state index contributed by atoms with van der Waals surface area (Å²) < 4.78 is 0. The number of carboxylic acid groups (broad SMARTS) is 1. The van der Waals surface area contributed by atoms with E-state index in [1.54, 1.807) is 0 Å². The molecule has 0 aromatic heterocycles. The fourth-order valence-electron chi connectivity index (χ4n) is 0.871. The van der Waals surface area contributed by atoms with Gasteiger partial charge in [0, 0.05) is 12.2 Å². The molecular formula is C9H14Cl2N2O2. The van der Waals surface area contributed by atoms with Crippen LogP contribution in [0.25, 0.3) is 0 Å². The first kappa shape index (κ1) is 16.5. The van der Waals surface area contributed by atoms with Crippen molar-refractivity contribution >= 4 is 36.5 Å². The maximum atomic E-state index is 10.4. The Morgan fingerprint density at radius 1 is 1.33 bits per heavy atom. The van der Waals surface area contributed by atoms with Crippen LogP contribution in [0.1, 0.15) is 0 Å². The predicted molar refractivity (Wildman–Crippen MR) is 65.0 cm³/mol. The second-order valence-corrected chi connectivity index (χ2v) is 2.69. The molecule has 1 aromatic rings. The van der Waals surface area contributed by atoms with Crippen molar-refractivity contribution in [1.82, 2.24) is 0 Å². The molecule has 0 aliphatic rings. The third-order valence-electron chi connectivity index (χ3n) is 1.62. The number of anilines is 1. The Labute approximate surface area is 101 Å². The number of para-hydroxylation sites is 1. The second kappa shape index (κ2) is 8.35. The standard InChI is InChI=1S/C9H12N2O2.2ClH/c10-8(9(12)13)6-11-7-4-2-1-3-5-7;;/h1-5,8,11H,6,10H2,(H,12,13);2*1H/t8-;;/m0../s1. The van der Waals surface area contributed by atoms with Gasteiger partial charge >= 0.3 is 5.97 Å².